The third-order valence-electron chi connectivity index (χ3n) is 4.88. The summed E-state index contributed by atoms with van der Waals surface area (Å²) < 4.78 is 10.5. The molecule has 1 aliphatic carbocycles. The van der Waals surface area contributed by atoms with Crippen LogP contribution in [0, 0.1) is 6.92 Å². The zero-order chi connectivity index (χ0) is 21.1. The Hall–Kier alpha value is -3.68. The van der Waals surface area contributed by atoms with Crippen LogP contribution in [0.1, 0.15) is 50.8 Å². The van der Waals surface area contributed by atoms with E-state index in [1.807, 2.05) is 17.0 Å². The van der Waals surface area contributed by atoms with E-state index in [2.05, 4.69) is 10.1 Å². The second kappa shape index (κ2) is 8.36. The van der Waals surface area contributed by atoms with Gasteiger partial charge in [-0.1, -0.05) is 17.3 Å². The standard InChI is InChI=1S/C22H22N4O4/c1-14-24-20(25-30-14)13-29-19-10-6-17(7-11-19)22(28)26(18-8-9-18)12-15-2-4-16(5-3-15)21(23)27/h2-7,10-11,18H,8-9,12-13H2,1H3,(H2,23,27). The number of nitrogens with two attached hydrogens (primary N) is 1. The van der Waals surface area contributed by atoms with Crippen molar-refractivity contribution < 1.29 is 18.8 Å². The van der Waals surface area contributed by atoms with E-state index in [9.17, 15) is 9.59 Å². The molecule has 1 aliphatic rings. The average Bonchev–Trinajstić information content (AvgIpc) is 3.51. The summed E-state index contributed by atoms with van der Waals surface area (Å²) in [6, 6.07) is 14.3. The Kier molecular flexibility index (Phi) is 5.47. The third-order valence-corrected chi connectivity index (χ3v) is 4.88. The fraction of sp³-hybridized carbons (Fsp3) is 0.273. The smallest absolute Gasteiger partial charge is 0.254 e. The molecule has 2 N–H and O–H groups in total. The maximum absolute atomic E-state index is 13.1. The highest BCUT2D eigenvalue weighted by Crippen LogP contribution is 2.30. The van der Waals surface area contributed by atoms with Crippen molar-refractivity contribution >= 4 is 11.8 Å². The number of primary amides is 1. The summed E-state index contributed by atoms with van der Waals surface area (Å²) in [5.74, 6) is 1.08. The molecule has 8 heteroatoms. The highest BCUT2D eigenvalue weighted by Gasteiger charge is 2.33. The Morgan fingerprint density at radius 1 is 1.10 bits per heavy atom. The second-order valence-electron chi connectivity index (χ2n) is 7.27. The number of carbonyl (C=O) groups excluding carboxylic acids is 2. The Labute approximate surface area is 173 Å². The topological polar surface area (TPSA) is 112 Å². The number of nitrogens with zero attached hydrogens (tertiary/aromatic N) is 3. The molecule has 0 spiro atoms. The molecule has 1 aromatic heterocycles. The summed E-state index contributed by atoms with van der Waals surface area (Å²) >= 11 is 0. The predicted molar refractivity (Wildman–Crippen MR) is 108 cm³/mol. The molecular weight excluding hydrogens is 384 g/mol. The van der Waals surface area contributed by atoms with Crippen molar-refractivity contribution in [1.29, 1.82) is 0 Å². The first-order valence-corrected chi connectivity index (χ1v) is 9.71. The number of hydrogen-bond acceptors (Lipinski definition) is 6. The first kappa shape index (κ1) is 19.6. The number of rotatable bonds is 8. The van der Waals surface area contributed by atoms with Gasteiger partial charge >= 0.3 is 0 Å². The molecule has 154 valence electrons. The van der Waals surface area contributed by atoms with E-state index >= 15 is 0 Å². The number of carbonyl (C=O) groups is 2. The lowest BCUT2D eigenvalue weighted by Gasteiger charge is -2.23. The quantitative estimate of drug-likeness (QED) is 0.616. The van der Waals surface area contributed by atoms with Crippen molar-refractivity contribution in [3.05, 3.63) is 76.9 Å². The Bertz CT molecular complexity index is 1040. The van der Waals surface area contributed by atoms with Crippen LogP contribution in [-0.2, 0) is 13.2 Å². The van der Waals surface area contributed by atoms with Gasteiger partial charge in [0.1, 0.15) is 5.75 Å². The molecule has 0 saturated heterocycles. The van der Waals surface area contributed by atoms with Gasteiger partial charge in [0.25, 0.3) is 5.91 Å². The van der Waals surface area contributed by atoms with E-state index in [-0.39, 0.29) is 18.6 Å². The van der Waals surface area contributed by atoms with Gasteiger partial charge in [0.05, 0.1) is 0 Å². The second-order valence-corrected chi connectivity index (χ2v) is 7.27. The maximum atomic E-state index is 13.1. The summed E-state index contributed by atoms with van der Waals surface area (Å²) in [4.78, 5) is 30.3. The summed E-state index contributed by atoms with van der Waals surface area (Å²) in [6.07, 6.45) is 1.99. The minimum Gasteiger partial charge on any atom is -0.485 e. The summed E-state index contributed by atoms with van der Waals surface area (Å²) in [7, 11) is 0. The fourth-order valence-electron chi connectivity index (χ4n) is 3.13. The van der Waals surface area contributed by atoms with Crippen LogP contribution in [0.5, 0.6) is 5.75 Å². The number of benzene rings is 2. The minimum absolute atomic E-state index is 0.0307. The van der Waals surface area contributed by atoms with Crippen molar-refractivity contribution in [2.24, 2.45) is 5.73 Å². The molecule has 8 nitrogen and oxygen atoms in total. The number of ether oxygens (including phenoxy) is 1. The van der Waals surface area contributed by atoms with Gasteiger partial charge in [0.2, 0.25) is 17.6 Å². The number of amides is 2. The molecule has 3 aromatic rings. The summed E-state index contributed by atoms with van der Waals surface area (Å²) in [6.45, 7) is 2.40. The van der Waals surface area contributed by atoms with E-state index in [4.69, 9.17) is 15.0 Å². The first-order chi connectivity index (χ1) is 14.5. The van der Waals surface area contributed by atoms with Gasteiger partial charge in [0.15, 0.2) is 6.61 Å². The first-order valence-electron chi connectivity index (χ1n) is 9.71. The van der Waals surface area contributed by atoms with E-state index < -0.39 is 5.91 Å². The Morgan fingerprint density at radius 3 is 2.33 bits per heavy atom. The van der Waals surface area contributed by atoms with Crippen LogP contribution in [-0.4, -0.2) is 32.9 Å². The van der Waals surface area contributed by atoms with Gasteiger partial charge in [-0.05, 0) is 54.8 Å². The predicted octanol–water partition coefficient (Wildman–Crippen LogP) is 2.86. The van der Waals surface area contributed by atoms with Crippen molar-refractivity contribution in [1.82, 2.24) is 15.0 Å². The lowest BCUT2D eigenvalue weighted by Crippen LogP contribution is -2.32. The number of aromatic nitrogens is 2. The lowest BCUT2D eigenvalue weighted by molar-refractivity contribution is 0.0729. The largest absolute Gasteiger partial charge is 0.485 e. The third kappa shape index (κ3) is 4.65. The molecule has 2 amide bonds. The van der Waals surface area contributed by atoms with Gasteiger partial charge in [-0.3, -0.25) is 9.59 Å². The molecule has 4 rings (SSSR count). The van der Waals surface area contributed by atoms with Crippen LogP contribution in [0.3, 0.4) is 0 Å². The van der Waals surface area contributed by atoms with Crippen molar-refractivity contribution in [2.45, 2.75) is 39.0 Å². The molecule has 0 bridgehead atoms. The van der Waals surface area contributed by atoms with Crippen LogP contribution in [0.4, 0.5) is 0 Å². The molecule has 2 aromatic carbocycles. The van der Waals surface area contributed by atoms with Crippen molar-refractivity contribution in [3.8, 4) is 5.75 Å². The molecule has 0 aliphatic heterocycles. The van der Waals surface area contributed by atoms with Crippen molar-refractivity contribution in [2.75, 3.05) is 0 Å². The van der Waals surface area contributed by atoms with E-state index in [1.165, 1.54) is 0 Å². The van der Waals surface area contributed by atoms with Gasteiger partial charge in [-0.15, -0.1) is 0 Å². The highest BCUT2D eigenvalue weighted by atomic mass is 16.5. The van der Waals surface area contributed by atoms with Gasteiger partial charge in [-0.2, -0.15) is 4.98 Å². The normalized spacial score (nSPS) is 13.1. The van der Waals surface area contributed by atoms with Crippen LogP contribution >= 0.6 is 0 Å². The molecule has 1 saturated carbocycles. The molecule has 0 radical (unpaired) electrons. The summed E-state index contributed by atoms with van der Waals surface area (Å²) in [5, 5.41) is 3.78. The zero-order valence-corrected chi connectivity index (χ0v) is 16.6. The molecule has 1 fully saturated rings. The Morgan fingerprint density at radius 2 is 1.77 bits per heavy atom. The van der Waals surface area contributed by atoms with E-state index in [0.29, 0.717) is 35.1 Å². The van der Waals surface area contributed by atoms with Crippen LogP contribution in [0.15, 0.2) is 53.1 Å². The zero-order valence-electron chi connectivity index (χ0n) is 16.6. The molecule has 1 heterocycles. The van der Waals surface area contributed by atoms with E-state index in [1.54, 1.807) is 43.3 Å². The molecular formula is C22H22N4O4. The molecule has 30 heavy (non-hydrogen) atoms. The molecule has 0 unspecified atom stereocenters. The summed E-state index contributed by atoms with van der Waals surface area (Å²) in [5.41, 5.74) is 7.29. The van der Waals surface area contributed by atoms with Crippen LogP contribution in [0.2, 0.25) is 0 Å². The highest BCUT2D eigenvalue weighted by molar-refractivity contribution is 5.95. The monoisotopic (exact) mass is 406 g/mol. The lowest BCUT2D eigenvalue weighted by atomic mass is 10.1. The number of aryl methyl sites for hydroxylation is 1. The van der Waals surface area contributed by atoms with E-state index in [0.717, 1.165) is 18.4 Å². The van der Waals surface area contributed by atoms with Gasteiger partial charge < -0.3 is 19.9 Å². The van der Waals surface area contributed by atoms with Gasteiger partial charge in [0, 0.05) is 30.6 Å². The minimum atomic E-state index is -0.464. The molecule has 0 atom stereocenters. The fourth-order valence-corrected chi connectivity index (χ4v) is 3.13. The average molecular weight is 406 g/mol. The van der Waals surface area contributed by atoms with Crippen molar-refractivity contribution in [3.63, 3.8) is 0 Å². The van der Waals surface area contributed by atoms with Crippen LogP contribution < -0.4 is 10.5 Å². The number of hydrogen-bond donors (Lipinski definition) is 1. The maximum Gasteiger partial charge on any atom is 0.254 e. The Balaban J connectivity index is 1.41. The van der Waals surface area contributed by atoms with Gasteiger partial charge in [-0.25, -0.2) is 0 Å². The SMILES string of the molecule is Cc1nc(COc2ccc(C(=O)N(Cc3ccc(C(N)=O)cc3)C3CC3)cc2)no1. The van der Waals surface area contributed by atoms with Crippen LogP contribution in [0.25, 0.3) is 0 Å².